The van der Waals surface area contributed by atoms with Crippen LogP contribution in [0.3, 0.4) is 0 Å². The zero-order valence-electron chi connectivity index (χ0n) is 12.5. The monoisotopic (exact) mass is 361 g/mol. The summed E-state index contributed by atoms with van der Waals surface area (Å²) in [6.45, 7) is 0. The summed E-state index contributed by atoms with van der Waals surface area (Å²) in [5, 5.41) is 14.0. The number of aromatic hydroxyl groups is 1. The molecule has 122 valence electrons. The van der Waals surface area contributed by atoms with Gasteiger partial charge in [0.1, 0.15) is 10.6 Å². The van der Waals surface area contributed by atoms with Crippen molar-refractivity contribution < 1.29 is 19.4 Å². The van der Waals surface area contributed by atoms with E-state index in [1.807, 2.05) is 0 Å². The van der Waals surface area contributed by atoms with Gasteiger partial charge >= 0.3 is 5.97 Å². The minimum atomic E-state index is -0.507. The van der Waals surface area contributed by atoms with Gasteiger partial charge in [-0.25, -0.2) is 4.79 Å². The third kappa shape index (κ3) is 3.06. The maximum absolute atomic E-state index is 12.4. The van der Waals surface area contributed by atoms with Gasteiger partial charge in [-0.15, -0.1) is 11.3 Å². The van der Waals surface area contributed by atoms with E-state index in [9.17, 15) is 14.7 Å². The Labute approximate surface area is 146 Å². The van der Waals surface area contributed by atoms with Crippen LogP contribution in [0.4, 0.5) is 5.69 Å². The molecule has 0 bridgehead atoms. The van der Waals surface area contributed by atoms with E-state index in [-0.39, 0.29) is 10.6 Å². The van der Waals surface area contributed by atoms with Crippen LogP contribution in [0, 0.1) is 0 Å². The number of carbonyl (C=O) groups excluding carboxylic acids is 2. The van der Waals surface area contributed by atoms with Crippen molar-refractivity contribution in [1.82, 2.24) is 0 Å². The Morgan fingerprint density at radius 1 is 1.21 bits per heavy atom. The number of hydrogen-bond donors (Lipinski definition) is 2. The highest BCUT2D eigenvalue weighted by molar-refractivity contribution is 7.21. The lowest BCUT2D eigenvalue weighted by atomic mass is 10.1. The summed E-state index contributed by atoms with van der Waals surface area (Å²) in [5.74, 6) is -1.12. The van der Waals surface area contributed by atoms with Gasteiger partial charge in [-0.2, -0.15) is 0 Å². The molecule has 0 saturated heterocycles. The summed E-state index contributed by atoms with van der Waals surface area (Å²) < 4.78 is 5.35. The van der Waals surface area contributed by atoms with Gasteiger partial charge in [0.15, 0.2) is 0 Å². The predicted octanol–water partition coefficient (Wildman–Crippen LogP) is 4.30. The van der Waals surface area contributed by atoms with E-state index in [4.69, 9.17) is 11.6 Å². The van der Waals surface area contributed by atoms with E-state index in [1.165, 1.54) is 13.2 Å². The predicted molar refractivity (Wildman–Crippen MR) is 94.2 cm³/mol. The molecule has 0 saturated carbocycles. The summed E-state index contributed by atoms with van der Waals surface area (Å²) in [6, 6.07) is 11.5. The van der Waals surface area contributed by atoms with E-state index in [1.54, 1.807) is 36.4 Å². The molecule has 0 radical (unpaired) electrons. The van der Waals surface area contributed by atoms with Crippen LogP contribution in [0.1, 0.15) is 20.0 Å². The molecule has 0 atom stereocenters. The number of esters is 1. The van der Waals surface area contributed by atoms with Gasteiger partial charge in [0, 0.05) is 20.8 Å². The number of benzene rings is 2. The number of ether oxygens (including phenoxy) is 1. The number of methoxy groups -OCH3 is 1. The largest absolute Gasteiger partial charge is 0.506 e. The van der Waals surface area contributed by atoms with Crippen molar-refractivity contribution in [2.24, 2.45) is 0 Å². The summed E-state index contributed by atoms with van der Waals surface area (Å²) in [7, 11) is 1.28. The number of anilines is 1. The Morgan fingerprint density at radius 2 is 2.00 bits per heavy atom. The molecule has 1 aromatic heterocycles. The van der Waals surface area contributed by atoms with Gasteiger partial charge in [-0.1, -0.05) is 17.7 Å². The Bertz CT molecular complexity index is 951. The number of nitrogens with one attached hydrogen (secondary N) is 1. The van der Waals surface area contributed by atoms with Crippen molar-refractivity contribution in [2.75, 3.05) is 12.4 Å². The number of rotatable bonds is 3. The van der Waals surface area contributed by atoms with Crippen LogP contribution in [0.25, 0.3) is 10.1 Å². The maximum Gasteiger partial charge on any atom is 0.337 e. The molecule has 2 aromatic carbocycles. The molecule has 5 nitrogen and oxygen atoms in total. The molecule has 0 fully saturated rings. The van der Waals surface area contributed by atoms with Gasteiger partial charge in [-0.05, 0) is 36.4 Å². The third-order valence-electron chi connectivity index (χ3n) is 3.37. The van der Waals surface area contributed by atoms with Gasteiger partial charge in [0.25, 0.3) is 5.91 Å². The Balaban J connectivity index is 1.96. The van der Waals surface area contributed by atoms with Gasteiger partial charge in [0.2, 0.25) is 0 Å². The second-order valence-electron chi connectivity index (χ2n) is 4.95. The van der Waals surface area contributed by atoms with E-state index in [0.29, 0.717) is 26.4 Å². The first-order valence-corrected chi connectivity index (χ1v) is 8.10. The highest BCUT2D eigenvalue weighted by Gasteiger charge is 2.19. The summed E-state index contributed by atoms with van der Waals surface area (Å²) in [6.07, 6.45) is 0. The Kier molecular flexibility index (Phi) is 4.42. The molecule has 1 heterocycles. The SMILES string of the molecule is COC(=O)c1ccc2sc(C(=O)Nc3cccc(Cl)c3)c(O)c2c1. The standard InChI is InChI=1S/C17H12ClNO4S/c1-23-17(22)9-5-6-13-12(7-9)14(20)15(24-13)16(21)19-11-4-2-3-10(18)8-11/h2-8,20H,1H3,(H,19,21). The summed E-state index contributed by atoms with van der Waals surface area (Å²) in [5.41, 5.74) is 0.833. The quantitative estimate of drug-likeness (QED) is 0.682. The van der Waals surface area contributed by atoms with E-state index < -0.39 is 11.9 Å². The molecule has 3 aromatic rings. The molecular weight excluding hydrogens is 350 g/mol. The number of thiophene rings is 1. The van der Waals surface area contributed by atoms with E-state index in [2.05, 4.69) is 10.1 Å². The third-order valence-corrected chi connectivity index (χ3v) is 4.77. The van der Waals surface area contributed by atoms with Crippen LogP contribution in [0.15, 0.2) is 42.5 Å². The van der Waals surface area contributed by atoms with Crippen LogP contribution in [-0.2, 0) is 4.74 Å². The summed E-state index contributed by atoms with van der Waals surface area (Å²) in [4.78, 5) is 24.1. The van der Waals surface area contributed by atoms with Crippen molar-refractivity contribution in [3.05, 3.63) is 57.9 Å². The average molecular weight is 362 g/mol. The summed E-state index contributed by atoms with van der Waals surface area (Å²) >= 11 is 7.03. The van der Waals surface area contributed by atoms with Crippen LogP contribution in [0.2, 0.25) is 5.02 Å². The van der Waals surface area contributed by atoms with Crippen molar-refractivity contribution in [2.45, 2.75) is 0 Å². The number of halogens is 1. The molecule has 0 aliphatic carbocycles. The molecule has 2 N–H and O–H groups in total. The molecule has 1 amide bonds. The van der Waals surface area contributed by atoms with Crippen LogP contribution < -0.4 is 5.32 Å². The second kappa shape index (κ2) is 6.51. The van der Waals surface area contributed by atoms with Crippen LogP contribution in [0.5, 0.6) is 5.75 Å². The molecule has 0 spiro atoms. The molecule has 0 unspecified atom stereocenters. The molecule has 3 rings (SSSR count). The number of carbonyl (C=O) groups is 2. The number of hydrogen-bond acceptors (Lipinski definition) is 5. The van der Waals surface area contributed by atoms with Gasteiger partial charge < -0.3 is 15.2 Å². The fourth-order valence-corrected chi connectivity index (χ4v) is 3.40. The molecule has 0 aliphatic heterocycles. The average Bonchev–Trinajstić information content (AvgIpc) is 2.90. The molecule has 7 heteroatoms. The van der Waals surface area contributed by atoms with Gasteiger partial charge in [-0.3, -0.25) is 4.79 Å². The topological polar surface area (TPSA) is 75.6 Å². The van der Waals surface area contributed by atoms with Gasteiger partial charge in [0.05, 0.1) is 12.7 Å². The lowest BCUT2D eigenvalue weighted by Crippen LogP contribution is -2.10. The lowest BCUT2D eigenvalue weighted by molar-refractivity contribution is 0.0601. The first-order chi connectivity index (χ1) is 11.5. The van der Waals surface area contributed by atoms with Crippen molar-refractivity contribution >= 4 is 50.6 Å². The van der Waals surface area contributed by atoms with Crippen LogP contribution in [-0.4, -0.2) is 24.1 Å². The normalized spacial score (nSPS) is 10.6. The van der Waals surface area contributed by atoms with Crippen LogP contribution >= 0.6 is 22.9 Å². The lowest BCUT2D eigenvalue weighted by Gasteiger charge is -2.04. The van der Waals surface area contributed by atoms with Crippen molar-refractivity contribution in [1.29, 1.82) is 0 Å². The van der Waals surface area contributed by atoms with Crippen molar-refractivity contribution in [3.8, 4) is 5.75 Å². The zero-order chi connectivity index (χ0) is 17.3. The smallest absolute Gasteiger partial charge is 0.337 e. The van der Waals surface area contributed by atoms with E-state index in [0.717, 1.165) is 11.3 Å². The highest BCUT2D eigenvalue weighted by atomic mass is 35.5. The second-order valence-corrected chi connectivity index (χ2v) is 6.44. The number of amides is 1. The first kappa shape index (κ1) is 16.3. The highest BCUT2D eigenvalue weighted by Crippen LogP contribution is 2.38. The minimum absolute atomic E-state index is 0.159. The fourth-order valence-electron chi connectivity index (χ4n) is 2.24. The minimum Gasteiger partial charge on any atom is -0.506 e. The number of fused-ring (bicyclic) bond motifs is 1. The van der Waals surface area contributed by atoms with Crippen molar-refractivity contribution in [3.63, 3.8) is 0 Å². The Hall–Kier alpha value is -2.57. The fraction of sp³-hybridized carbons (Fsp3) is 0.0588. The van der Waals surface area contributed by atoms with E-state index >= 15 is 0 Å². The zero-order valence-corrected chi connectivity index (χ0v) is 14.1. The maximum atomic E-state index is 12.4. The molecule has 24 heavy (non-hydrogen) atoms. The first-order valence-electron chi connectivity index (χ1n) is 6.90. The molecular formula is C17H12ClNO4S. The Morgan fingerprint density at radius 3 is 2.71 bits per heavy atom. The molecule has 0 aliphatic rings.